The third-order valence-corrected chi connectivity index (χ3v) is 8.95. The molecule has 2 aromatic heterocycles. The molecule has 0 amide bonds. The van der Waals surface area contributed by atoms with Crippen molar-refractivity contribution in [2.75, 3.05) is 46.6 Å². The zero-order valence-corrected chi connectivity index (χ0v) is 28.9. The summed E-state index contributed by atoms with van der Waals surface area (Å²) >= 11 is 0. The molecule has 2 saturated heterocycles. The molecule has 0 unspecified atom stereocenters. The highest BCUT2D eigenvalue weighted by molar-refractivity contribution is 6.19. The number of piperidine rings is 2. The Hall–Kier alpha value is -4.40. The number of nitrogens with zero attached hydrogens (tertiary/aromatic N) is 7. The van der Waals surface area contributed by atoms with Crippen LogP contribution in [-0.4, -0.2) is 63.8 Å². The van der Waals surface area contributed by atoms with E-state index in [1.165, 1.54) is 38.5 Å². The number of allylic oxidation sites excluding steroid dienone is 5. The molecule has 9 heteroatoms. The minimum Gasteiger partial charge on any atom is -0.379 e. The van der Waals surface area contributed by atoms with Crippen LogP contribution in [-0.2, 0) is 0 Å². The Labute approximate surface area is 280 Å². The van der Waals surface area contributed by atoms with Gasteiger partial charge in [0.2, 0.25) is 5.96 Å². The van der Waals surface area contributed by atoms with Crippen molar-refractivity contribution in [3.05, 3.63) is 77.7 Å². The maximum absolute atomic E-state index is 5.19. The zero-order chi connectivity index (χ0) is 32.8. The van der Waals surface area contributed by atoms with Gasteiger partial charge in [-0.05, 0) is 117 Å². The SMILES string of the molecule is CC(C)(C)Nc1cc(N2CCCCC2)cnc1C1=CC2=CC=CC3=CC(c4ncc(N5CCCCC5)cc4NC(C)(C)C)=NC(=N1)N23. The summed E-state index contributed by atoms with van der Waals surface area (Å²) in [5.41, 5.74) is 9.28. The van der Waals surface area contributed by atoms with Gasteiger partial charge in [-0.3, -0.25) is 14.9 Å². The molecule has 2 N–H and O–H groups in total. The van der Waals surface area contributed by atoms with Gasteiger partial charge >= 0.3 is 0 Å². The minimum absolute atomic E-state index is 0.146. The molecule has 47 heavy (non-hydrogen) atoms. The molecule has 7 rings (SSSR count). The van der Waals surface area contributed by atoms with E-state index >= 15 is 0 Å². The fourth-order valence-electron chi connectivity index (χ4n) is 6.89. The number of hydrogen-bond acceptors (Lipinski definition) is 9. The first kappa shape index (κ1) is 31.2. The van der Waals surface area contributed by atoms with Crippen molar-refractivity contribution in [1.29, 1.82) is 0 Å². The highest BCUT2D eigenvalue weighted by atomic mass is 15.3. The summed E-state index contributed by atoms with van der Waals surface area (Å²) in [6.07, 6.45) is 22.1. The van der Waals surface area contributed by atoms with Crippen LogP contribution in [0, 0.1) is 0 Å². The maximum Gasteiger partial charge on any atom is 0.235 e. The number of guanidine groups is 1. The quantitative estimate of drug-likeness (QED) is 0.338. The number of hydrogen-bond donors (Lipinski definition) is 2. The van der Waals surface area contributed by atoms with Crippen LogP contribution in [0.3, 0.4) is 0 Å². The summed E-state index contributed by atoms with van der Waals surface area (Å²) in [6, 6.07) is 4.50. The third-order valence-electron chi connectivity index (χ3n) is 8.95. The van der Waals surface area contributed by atoms with E-state index in [0.717, 1.165) is 83.1 Å². The zero-order valence-electron chi connectivity index (χ0n) is 28.9. The van der Waals surface area contributed by atoms with E-state index < -0.39 is 0 Å². The first-order chi connectivity index (χ1) is 22.5. The number of nitrogens with one attached hydrogen (secondary N) is 2. The number of aliphatic imine (C=N–C) groups is 2. The van der Waals surface area contributed by atoms with Crippen LogP contribution in [0.25, 0.3) is 5.70 Å². The fraction of sp³-hybridized carbons (Fsp3) is 0.474. The van der Waals surface area contributed by atoms with Crippen molar-refractivity contribution >= 4 is 40.1 Å². The van der Waals surface area contributed by atoms with Gasteiger partial charge in [-0.2, -0.15) is 0 Å². The third kappa shape index (κ3) is 6.85. The van der Waals surface area contributed by atoms with Gasteiger partial charge in [-0.15, -0.1) is 0 Å². The number of anilines is 4. The summed E-state index contributed by atoms with van der Waals surface area (Å²) in [4.78, 5) is 27.5. The molecule has 0 aromatic carbocycles. The monoisotopic (exact) mass is 631 g/mol. The normalized spacial score (nSPS) is 19.7. The average Bonchev–Trinajstić information content (AvgIpc) is 3.04. The van der Waals surface area contributed by atoms with Gasteiger partial charge in [0.15, 0.2) is 0 Å². The Bertz CT molecular complexity index is 1630. The average molecular weight is 632 g/mol. The van der Waals surface area contributed by atoms with Crippen molar-refractivity contribution in [1.82, 2.24) is 14.9 Å². The Morgan fingerprint density at radius 1 is 0.638 bits per heavy atom. The Kier molecular flexibility index (Phi) is 8.18. The first-order valence-electron chi connectivity index (χ1n) is 17.4. The molecule has 5 aliphatic rings. The molecule has 2 aromatic rings. The minimum atomic E-state index is -0.146. The molecule has 2 fully saturated rings. The number of pyridine rings is 2. The van der Waals surface area contributed by atoms with Gasteiger partial charge in [0.05, 0.1) is 57.9 Å². The largest absolute Gasteiger partial charge is 0.379 e. The lowest BCUT2D eigenvalue weighted by atomic mass is 10.0. The van der Waals surface area contributed by atoms with Crippen molar-refractivity contribution in [2.24, 2.45) is 9.98 Å². The summed E-state index contributed by atoms with van der Waals surface area (Å²) in [7, 11) is 0. The van der Waals surface area contributed by atoms with E-state index in [1.54, 1.807) is 0 Å². The van der Waals surface area contributed by atoms with Crippen molar-refractivity contribution < 1.29 is 0 Å². The summed E-state index contributed by atoms with van der Waals surface area (Å²) < 4.78 is 0. The molecule has 0 bridgehead atoms. The van der Waals surface area contributed by atoms with E-state index in [9.17, 15) is 0 Å². The highest BCUT2D eigenvalue weighted by Crippen LogP contribution is 2.38. The van der Waals surface area contributed by atoms with Gasteiger partial charge in [-0.1, -0.05) is 6.08 Å². The molecule has 5 aliphatic heterocycles. The van der Waals surface area contributed by atoms with E-state index in [4.69, 9.17) is 20.0 Å². The summed E-state index contributed by atoms with van der Waals surface area (Å²) in [5.74, 6) is 0.623. The van der Waals surface area contributed by atoms with Gasteiger partial charge in [-0.25, -0.2) is 9.98 Å². The standard InChI is InChI=1S/C38H49N9/c1-37(2,3)43-32-22-28(45-16-9-7-10-17-45)24-39-34(32)30-20-26-14-13-15-27-21-31(42-36(41-30)47(26)27)35-33(44-38(4,5)6)23-29(25-40-35)46-18-11-8-12-19-46/h13-15,20-25,43-44H,7-12,16-19H2,1-6H3. The van der Waals surface area contributed by atoms with Crippen LogP contribution in [0.5, 0.6) is 0 Å². The molecule has 0 saturated carbocycles. The van der Waals surface area contributed by atoms with Crippen molar-refractivity contribution in [3.8, 4) is 0 Å². The second kappa shape index (κ2) is 12.3. The molecular weight excluding hydrogens is 582 g/mol. The topological polar surface area (TPSA) is 84.3 Å². The molecule has 7 heterocycles. The van der Waals surface area contributed by atoms with E-state index in [2.05, 4.69) is 109 Å². The lowest BCUT2D eigenvalue weighted by Crippen LogP contribution is -2.35. The van der Waals surface area contributed by atoms with Crippen molar-refractivity contribution in [2.45, 2.75) is 91.1 Å². The molecule has 9 nitrogen and oxygen atoms in total. The predicted octanol–water partition coefficient (Wildman–Crippen LogP) is 7.73. The first-order valence-corrected chi connectivity index (χ1v) is 17.4. The highest BCUT2D eigenvalue weighted by Gasteiger charge is 2.32. The van der Waals surface area contributed by atoms with E-state index in [1.807, 2.05) is 12.4 Å². The van der Waals surface area contributed by atoms with Gasteiger partial charge in [0.25, 0.3) is 0 Å². The van der Waals surface area contributed by atoms with Crippen LogP contribution < -0.4 is 20.4 Å². The van der Waals surface area contributed by atoms with Gasteiger partial charge in [0.1, 0.15) is 11.4 Å². The van der Waals surface area contributed by atoms with Crippen LogP contribution in [0.2, 0.25) is 0 Å². The molecule has 0 atom stereocenters. The van der Waals surface area contributed by atoms with Gasteiger partial charge in [0, 0.05) is 37.3 Å². The van der Waals surface area contributed by atoms with Crippen LogP contribution in [0.4, 0.5) is 22.7 Å². The van der Waals surface area contributed by atoms with Crippen LogP contribution in [0.1, 0.15) is 91.5 Å². The maximum atomic E-state index is 5.19. The number of rotatable bonds is 6. The molecule has 246 valence electrons. The van der Waals surface area contributed by atoms with Crippen LogP contribution >= 0.6 is 0 Å². The molecular formula is C38H49N9. The Morgan fingerprint density at radius 2 is 1.19 bits per heavy atom. The number of aromatic nitrogens is 2. The smallest absolute Gasteiger partial charge is 0.235 e. The van der Waals surface area contributed by atoms with Gasteiger partial charge < -0.3 is 20.4 Å². The van der Waals surface area contributed by atoms with Crippen molar-refractivity contribution in [3.63, 3.8) is 0 Å². The van der Waals surface area contributed by atoms with E-state index in [0.29, 0.717) is 5.96 Å². The molecule has 0 radical (unpaired) electrons. The van der Waals surface area contributed by atoms with E-state index in [-0.39, 0.29) is 11.1 Å². The second-order valence-corrected chi connectivity index (χ2v) is 15.3. The predicted molar refractivity (Wildman–Crippen MR) is 196 cm³/mol. The van der Waals surface area contributed by atoms with Crippen LogP contribution in [0.15, 0.2) is 76.3 Å². The molecule has 0 spiro atoms. The lowest BCUT2D eigenvalue weighted by Gasteiger charge is -2.35. The fourth-order valence-corrected chi connectivity index (χ4v) is 6.89. The molecule has 0 aliphatic carbocycles. The summed E-state index contributed by atoms with van der Waals surface area (Å²) in [5, 5.41) is 7.47. The summed E-state index contributed by atoms with van der Waals surface area (Å²) in [6.45, 7) is 17.4. The lowest BCUT2D eigenvalue weighted by molar-refractivity contribution is 0.577. The Balaban J connectivity index is 1.29. The second-order valence-electron chi connectivity index (χ2n) is 15.3. The Morgan fingerprint density at radius 3 is 1.77 bits per heavy atom.